The van der Waals surface area contributed by atoms with E-state index in [1.54, 1.807) is 13.2 Å². The lowest BCUT2D eigenvalue weighted by Crippen LogP contribution is -2.10. The lowest BCUT2D eigenvalue weighted by molar-refractivity contribution is 0.103. The molecule has 0 spiro atoms. The van der Waals surface area contributed by atoms with Crippen LogP contribution in [0, 0.1) is 0 Å². The summed E-state index contributed by atoms with van der Waals surface area (Å²) in [6.07, 6.45) is 1.01. The van der Waals surface area contributed by atoms with E-state index in [4.69, 9.17) is 4.74 Å². The Hall–Kier alpha value is -2.01. The van der Waals surface area contributed by atoms with Gasteiger partial charge in [-0.3, -0.25) is 4.79 Å². The first-order valence-corrected chi connectivity index (χ1v) is 6.95. The lowest BCUT2D eigenvalue weighted by Gasteiger charge is -2.06. The minimum absolute atomic E-state index is 0.0980. The van der Waals surface area contributed by atoms with Gasteiger partial charge in [-0.05, 0) is 30.2 Å². The number of rotatable bonds is 3. The summed E-state index contributed by atoms with van der Waals surface area (Å²) in [6.45, 7) is 0.967. The first-order chi connectivity index (χ1) is 9.26. The second kappa shape index (κ2) is 4.93. The van der Waals surface area contributed by atoms with E-state index in [1.165, 1.54) is 16.9 Å². The molecule has 19 heavy (non-hydrogen) atoms. The van der Waals surface area contributed by atoms with Crippen molar-refractivity contribution in [1.82, 2.24) is 0 Å². The van der Waals surface area contributed by atoms with Crippen LogP contribution in [0.1, 0.15) is 15.2 Å². The Kier molecular flexibility index (Phi) is 3.13. The maximum Gasteiger partial charge on any atom is 0.265 e. The molecule has 4 nitrogen and oxygen atoms in total. The molecule has 0 unspecified atom stereocenters. The van der Waals surface area contributed by atoms with E-state index in [-0.39, 0.29) is 5.91 Å². The van der Waals surface area contributed by atoms with Crippen molar-refractivity contribution in [3.63, 3.8) is 0 Å². The molecule has 0 radical (unpaired) electrons. The predicted molar refractivity (Wildman–Crippen MR) is 77.5 cm³/mol. The Labute approximate surface area is 115 Å². The molecule has 0 fully saturated rings. The number of hydrogen-bond acceptors (Lipinski definition) is 4. The third-order valence-corrected chi connectivity index (χ3v) is 4.02. The van der Waals surface area contributed by atoms with E-state index in [1.807, 2.05) is 23.6 Å². The van der Waals surface area contributed by atoms with Crippen LogP contribution in [-0.4, -0.2) is 19.6 Å². The summed E-state index contributed by atoms with van der Waals surface area (Å²) in [6, 6.07) is 7.69. The third kappa shape index (κ3) is 2.42. The van der Waals surface area contributed by atoms with Crippen molar-refractivity contribution >= 4 is 28.6 Å². The van der Waals surface area contributed by atoms with Crippen LogP contribution in [0.15, 0.2) is 29.6 Å². The topological polar surface area (TPSA) is 50.4 Å². The van der Waals surface area contributed by atoms with Crippen molar-refractivity contribution in [2.45, 2.75) is 6.42 Å². The van der Waals surface area contributed by atoms with Gasteiger partial charge in [0.05, 0.1) is 12.0 Å². The van der Waals surface area contributed by atoms with Crippen molar-refractivity contribution < 1.29 is 9.53 Å². The largest absolute Gasteiger partial charge is 0.496 e. The summed E-state index contributed by atoms with van der Waals surface area (Å²) in [5.41, 5.74) is 3.25. The quantitative estimate of drug-likeness (QED) is 0.904. The van der Waals surface area contributed by atoms with Crippen LogP contribution in [0.3, 0.4) is 0 Å². The average Bonchev–Trinajstić information content (AvgIpc) is 3.06. The van der Waals surface area contributed by atoms with Gasteiger partial charge < -0.3 is 15.4 Å². The second-order valence-electron chi connectivity index (χ2n) is 4.35. The number of ether oxygens (including phenoxy) is 1. The van der Waals surface area contributed by atoms with E-state index in [2.05, 4.69) is 10.6 Å². The van der Waals surface area contributed by atoms with Crippen molar-refractivity contribution in [2.75, 3.05) is 24.3 Å². The summed E-state index contributed by atoms with van der Waals surface area (Å²) in [5.74, 6) is 0.618. The first-order valence-electron chi connectivity index (χ1n) is 6.07. The van der Waals surface area contributed by atoms with Gasteiger partial charge >= 0.3 is 0 Å². The molecule has 2 aromatic rings. The normalized spacial score (nSPS) is 12.7. The molecule has 2 heterocycles. The van der Waals surface area contributed by atoms with Crippen molar-refractivity contribution in [2.24, 2.45) is 0 Å². The van der Waals surface area contributed by atoms with Crippen molar-refractivity contribution in [3.8, 4) is 5.75 Å². The monoisotopic (exact) mass is 274 g/mol. The van der Waals surface area contributed by atoms with Crippen LogP contribution < -0.4 is 15.4 Å². The highest BCUT2D eigenvalue weighted by molar-refractivity contribution is 7.12. The molecule has 1 aliphatic heterocycles. The van der Waals surface area contributed by atoms with Gasteiger partial charge in [0, 0.05) is 29.4 Å². The summed E-state index contributed by atoms with van der Waals surface area (Å²) in [7, 11) is 1.59. The van der Waals surface area contributed by atoms with E-state index in [0.717, 1.165) is 24.3 Å². The van der Waals surface area contributed by atoms with Crippen LogP contribution in [0.4, 0.5) is 11.4 Å². The SMILES string of the molecule is COc1csc(C(=O)Nc2ccc3c(c2)CCN3)c1. The second-order valence-corrected chi connectivity index (χ2v) is 5.26. The van der Waals surface area contributed by atoms with Crippen molar-refractivity contribution in [3.05, 3.63) is 40.1 Å². The molecule has 1 aliphatic rings. The number of nitrogens with one attached hydrogen (secondary N) is 2. The molecule has 2 N–H and O–H groups in total. The minimum Gasteiger partial charge on any atom is -0.496 e. The summed E-state index contributed by atoms with van der Waals surface area (Å²) >= 11 is 1.38. The van der Waals surface area contributed by atoms with E-state index in [0.29, 0.717) is 10.6 Å². The Bertz CT molecular complexity index is 622. The molecule has 98 valence electrons. The maximum absolute atomic E-state index is 12.1. The molecule has 0 aliphatic carbocycles. The zero-order valence-electron chi connectivity index (χ0n) is 10.5. The molecular formula is C14H14N2O2S. The van der Waals surface area contributed by atoms with Crippen LogP contribution in [0.25, 0.3) is 0 Å². The molecule has 1 aromatic carbocycles. The third-order valence-electron chi connectivity index (χ3n) is 3.11. The maximum atomic E-state index is 12.1. The fourth-order valence-electron chi connectivity index (χ4n) is 2.12. The first kappa shape index (κ1) is 12.0. The van der Waals surface area contributed by atoms with E-state index < -0.39 is 0 Å². The van der Waals surface area contributed by atoms with Gasteiger partial charge in [-0.1, -0.05) is 0 Å². The Balaban J connectivity index is 1.75. The van der Waals surface area contributed by atoms with Gasteiger partial charge in [-0.25, -0.2) is 0 Å². The highest BCUT2D eigenvalue weighted by Crippen LogP contribution is 2.26. The molecule has 0 bridgehead atoms. The Morgan fingerprint density at radius 2 is 2.32 bits per heavy atom. The zero-order valence-corrected chi connectivity index (χ0v) is 11.3. The standard InChI is InChI=1S/C14H14N2O2S/c1-18-11-7-13(19-8-11)14(17)16-10-2-3-12-9(6-10)4-5-15-12/h2-3,6-8,15H,4-5H2,1H3,(H,16,17). The molecule has 5 heteroatoms. The van der Waals surface area contributed by atoms with Gasteiger partial charge in [0.2, 0.25) is 0 Å². The molecule has 0 saturated heterocycles. The fourth-order valence-corrected chi connectivity index (χ4v) is 2.87. The van der Waals surface area contributed by atoms with Gasteiger partial charge in [-0.2, -0.15) is 0 Å². The molecule has 1 aromatic heterocycles. The highest BCUT2D eigenvalue weighted by atomic mass is 32.1. The summed E-state index contributed by atoms with van der Waals surface area (Å²) < 4.78 is 5.08. The van der Waals surface area contributed by atoms with E-state index in [9.17, 15) is 4.79 Å². The molecule has 3 rings (SSSR count). The van der Waals surface area contributed by atoms with Crippen LogP contribution in [-0.2, 0) is 6.42 Å². The number of benzene rings is 1. The van der Waals surface area contributed by atoms with Crippen LogP contribution in [0.2, 0.25) is 0 Å². The zero-order chi connectivity index (χ0) is 13.2. The minimum atomic E-state index is -0.0980. The number of methoxy groups -OCH3 is 1. The number of amides is 1. The van der Waals surface area contributed by atoms with Gasteiger partial charge in [0.25, 0.3) is 5.91 Å². The van der Waals surface area contributed by atoms with Crippen LogP contribution in [0.5, 0.6) is 5.75 Å². The number of fused-ring (bicyclic) bond motifs is 1. The molecule has 1 amide bonds. The lowest BCUT2D eigenvalue weighted by atomic mass is 10.1. The van der Waals surface area contributed by atoms with E-state index >= 15 is 0 Å². The van der Waals surface area contributed by atoms with Crippen molar-refractivity contribution in [1.29, 1.82) is 0 Å². The summed E-state index contributed by atoms with van der Waals surface area (Å²) in [5, 5.41) is 8.03. The number of thiophene rings is 1. The van der Waals surface area contributed by atoms with Crippen LogP contribution >= 0.6 is 11.3 Å². The molecule has 0 atom stereocenters. The molecule has 0 saturated carbocycles. The number of anilines is 2. The van der Waals surface area contributed by atoms with Gasteiger partial charge in [0.15, 0.2) is 0 Å². The average molecular weight is 274 g/mol. The highest BCUT2D eigenvalue weighted by Gasteiger charge is 2.13. The molecular weight excluding hydrogens is 260 g/mol. The number of hydrogen-bond donors (Lipinski definition) is 2. The number of carbonyl (C=O) groups is 1. The predicted octanol–water partition coefficient (Wildman–Crippen LogP) is 2.98. The Morgan fingerprint density at radius 1 is 1.42 bits per heavy atom. The summed E-state index contributed by atoms with van der Waals surface area (Å²) in [4.78, 5) is 12.7. The Morgan fingerprint density at radius 3 is 3.11 bits per heavy atom. The van der Waals surface area contributed by atoms with Gasteiger partial charge in [-0.15, -0.1) is 11.3 Å². The fraction of sp³-hybridized carbons (Fsp3) is 0.214. The smallest absolute Gasteiger partial charge is 0.265 e. The van der Waals surface area contributed by atoms with Gasteiger partial charge in [0.1, 0.15) is 5.75 Å². The number of carbonyl (C=O) groups excluding carboxylic acids is 1.